The van der Waals surface area contributed by atoms with E-state index < -0.39 is 0 Å². The highest BCUT2D eigenvalue weighted by Gasteiger charge is 2.14. The summed E-state index contributed by atoms with van der Waals surface area (Å²) in [6.07, 6.45) is 3.42. The number of carbonyl (C=O) groups excluding carboxylic acids is 1. The number of halogens is 1. The molecule has 110 valence electrons. The van der Waals surface area contributed by atoms with Crippen LogP contribution < -0.4 is 0 Å². The fraction of sp³-hybridized carbons (Fsp3) is 0.294. The second-order valence-electron chi connectivity index (χ2n) is 4.92. The Hall–Kier alpha value is -1.68. The number of benzene rings is 1. The number of amides is 1. The van der Waals surface area contributed by atoms with Crippen LogP contribution in [0.4, 0.5) is 0 Å². The third-order valence-electron chi connectivity index (χ3n) is 3.47. The highest BCUT2D eigenvalue weighted by molar-refractivity contribution is 9.10. The molecule has 2 rings (SSSR count). The Bertz CT molecular complexity index is 651. The second-order valence-corrected chi connectivity index (χ2v) is 5.78. The van der Waals surface area contributed by atoms with Crippen molar-refractivity contribution in [3.05, 3.63) is 52.3 Å². The molecule has 0 atom stereocenters. The predicted molar refractivity (Wildman–Crippen MR) is 89.4 cm³/mol. The van der Waals surface area contributed by atoms with E-state index in [0.717, 1.165) is 15.6 Å². The fourth-order valence-electron chi connectivity index (χ4n) is 2.26. The van der Waals surface area contributed by atoms with E-state index in [0.29, 0.717) is 18.7 Å². The lowest BCUT2D eigenvalue weighted by molar-refractivity contribution is 0.0772. The average Bonchev–Trinajstić information content (AvgIpc) is 2.51. The van der Waals surface area contributed by atoms with Gasteiger partial charge in [0.25, 0.3) is 5.91 Å². The van der Waals surface area contributed by atoms with Gasteiger partial charge < -0.3 is 4.90 Å². The van der Waals surface area contributed by atoms with Gasteiger partial charge in [-0.3, -0.25) is 9.78 Å². The van der Waals surface area contributed by atoms with Crippen molar-refractivity contribution < 1.29 is 4.79 Å². The molecule has 0 radical (unpaired) electrons. The lowest BCUT2D eigenvalue weighted by Gasteiger charge is -2.18. The first-order valence-electron chi connectivity index (χ1n) is 7.07. The van der Waals surface area contributed by atoms with Crippen molar-refractivity contribution in [1.82, 2.24) is 9.88 Å². The van der Waals surface area contributed by atoms with Gasteiger partial charge in [0, 0.05) is 35.5 Å². The largest absolute Gasteiger partial charge is 0.339 e. The van der Waals surface area contributed by atoms with E-state index in [1.54, 1.807) is 17.3 Å². The molecular weight excluding hydrogens is 328 g/mol. The van der Waals surface area contributed by atoms with Crippen molar-refractivity contribution >= 4 is 21.8 Å². The van der Waals surface area contributed by atoms with Crippen molar-refractivity contribution in [2.45, 2.75) is 20.8 Å². The zero-order chi connectivity index (χ0) is 15.4. The normalized spacial score (nSPS) is 10.5. The summed E-state index contributed by atoms with van der Waals surface area (Å²) >= 11 is 3.56. The topological polar surface area (TPSA) is 33.2 Å². The smallest absolute Gasteiger partial charge is 0.255 e. The Morgan fingerprint density at radius 2 is 1.90 bits per heavy atom. The average molecular weight is 347 g/mol. The Labute approximate surface area is 134 Å². The molecule has 0 saturated carbocycles. The number of carbonyl (C=O) groups is 1. The summed E-state index contributed by atoms with van der Waals surface area (Å²) in [6, 6.07) is 8.06. The van der Waals surface area contributed by atoms with Crippen LogP contribution >= 0.6 is 15.9 Å². The summed E-state index contributed by atoms with van der Waals surface area (Å²) in [7, 11) is 0. The molecule has 0 saturated heterocycles. The quantitative estimate of drug-likeness (QED) is 0.826. The summed E-state index contributed by atoms with van der Waals surface area (Å²) in [5, 5.41) is 0. The van der Waals surface area contributed by atoms with Crippen LogP contribution in [0.2, 0.25) is 0 Å². The highest BCUT2D eigenvalue weighted by Crippen LogP contribution is 2.29. The van der Waals surface area contributed by atoms with Crippen molar-refractivity contribution in [2.24, 2.45) is 0 Å². The molecule has 0 bridgehead atoms. The third kappa shape index (κ3) is 3.50. The first-order chi connectivity index (χ1) is 10.1. The van der Waals surface area contributed by atoms with Crippen molar-refractivity contribution in [3.63, 3.8) is 0 Å². The molecule has 0 fully saturated rings. The SMILES string of the molecule is CCN(CC)C(=O)c1cncc(-c2cc(C)ccc2Br)c1. The summed E-state index contributed by atoms with van der Waals surface area (Å²) in [4.78, 5) is 18.4. The first kappa shape index (κ1) is 15.7. The van der Waals surface area contributed by atoms with Crippen LogP contribution in [0.5, 0.6) is 0 Å². The van der Waals surface area contributed by atoms with Gasteiger partial charge in [-0.1, -0.05) is 33.6 Å². The number of aryl methyl sites for hydroxylation is 1. The molecule has 21 heavy (non-hydrogen) atoms. The molecule has 4 heteroatoms. The number of pyridine rings is 1. The second kappa shape index (κ2) is 6.85. The molecule has 0 aliphatic carbocycles. The molecule has 1 amide bonds. The van der Waals surface area contributed by atoms with Gasteiger partial charge in [0.15, 0.2) is 0 Å². The van der Waals surface area contributed by atoms with E-state index in [-0.39, 0.29) is 5.91 Å². The summed E-state index contributed by atoms with van der Waals surface area (Å²) < 4.78 is 1.00. The number of nitrogens with zero attached hydrogens (tertiary/aromatic N) is 2. The molecule has 1 aromatic heterocycles. The van der Waals surface area contributed by atoms with Gasteiger partial charge >= 0.3 is 0 Å². The molecule has 1 heterocycles. The van der Waals surface area contributed by atoms with E-state index in [2.05, 4.69) is 27.0 Å². The van der Waals surface area contributed by atoms with E-state index in [9.17, 15) is 4.79 Å². The van der Waals surface area contributed by atoms with Crippen LogP contribution in [-0.2, 0) is 0 Å². The van der Waals surface area contributed by atoms with Crippen LogP contribution in [0, 0.1) is 6.92 Å². The lowest BCUT2D eigenvalue weighted by atomic mass is 10.0. The molecule has 0 unspecified atom stereocenters. The summed E-state index contributed by atoms with van der Waals surface area (Å²) in [6.45, 7) is 7.42. The van der Waals surface area contributed by atoms with Crippen LogP contribution in [0.15, 0.2) is 41.1 Å². The van der Waals surface area contributed by atoms with Crippen molar-refractivity contribution in [2.75, 3.05) is 13.1 Å². The fourth-order valence-corrected chi connectivity index (χ4v) is 2.73. The summed E-state index contributed by atoms with van der Waals surface area (Å²) in [5.41, 5.74) is 3.80. The minimum Gasteiger partial charge on any atom is -0.339 e. The Kier molecular flexibility index (Phi) is 5.12. The van der Waals surface area contributed by atoms with Crippen LogP contribution in [0.3, 0.4) is 0 Å². The van der Waals surface area contributed by atoms with Gasteiger partial charge in [0.1, 0.15) is 0 Å². The Morgan fingerprint density at radius 3 is 2.57 bits per heavy atom. The lowest BCUT2D eigenvalue weighted by Crippen LogP contribution is -2.30. The Morgan fingerprint density at radius 1 is 1.19 bits per heavy atom. The highest BCUT2D eigenvalue weighted by atomic mass is 79.9. The maximum atomic E-state index is 12.4. The number of rotatable bonds is 4. The molecule has 0 spiro atoms. The monoisotopic (exact) mass is 346 g/mol. The van der Waals surface area contributed by atoms with Gasteiger partial charge in [0.05, 0.1) is 5.56 Å². The molecule has 0 aliphatic rings. The minimum atomic E-state index is 0.0260. The molecule has 1 aromatic carbocycles. The van der Waals surface area contributed by atoms with Crippen LogP contribution in [-0.4, -0.2) is 28.9 Å². The maximum absolute atomic E-state index is 12.4. The van der Waals surface area contributed by atoms with Crippen LogP contribution in [0.1, 0.15) is 29.8 Å². The van der Waals surface area contributed by atoms with E-state index >= 15 is 0 Å². The van der Waals surface area contributed by atoms with Gasteiger partial charge in [-0.25, -0.2) is 0 Å². The minimum absolute atomic E-state index is 0.0260. The predicted octanol–water partition coefficient (Wildman–Crippen LogP) is 4.30. The van der Waals surface area contributed by atoms with Crippen molar-refractivity contribution in [1.29, 1.82) is 0 Å². The molecule has 0 aliphatic heterocycles. The molecular formula is C17H19BrN2O. The van der Waals surface area contributed by atoms with Crippen molar-refractivity contribution in [3.8, 4) is 11.1 Å². The van der Waals surface area contributed by atoms with Gasteiger partial charge in [-0.15, -0.1) is 0 Å². The number of aromatic nitrogens is 1. The van der Waals surface area contributed by atoms with Gasteiger partial charge in [0.2, 0.25) is 0 Å². The van der Waals surface area contributed by atoms with Crippen LogP contribution in [0.25, 0.3) is 11.1 Å². The zero-order valence-electron chi connectivity index (χ0n) is 12.6. The Balaban J connectivity index is 2.42. The maximum Gasteiger partial charge on any atom is 0.255 e. The summed E-state index contributed by atoms with van der Waals surface area (Å²) in [5.74, 6) is 0.0260. The van der Waals surface area contributed by atoms with E-state index in [1.807, 2.05) is 39.0 Å². The van der Waals surface area contributed by atoms with Gasteiger partial charge in [-0.2, -0.15) is 0 Å². The first-order valence-corrected chi connectivity index (χ1v) is 7.87. The number of hydrogen-bond donors (Lipinski definition) is 0. The third-order valence-corrected chi connectivity index (χ3v) is 4.16. The standard InChI is InChI=1S/C17H19BrN2O/c1-4-20(5-2)17(21)14-9-13(10-19-11-14)15-8-12(3)6-7-16(15)18/h6-11H,4-5H2,1-3H3. The van der Waals surface area contributed by atoms with Gasteiger partial charge in [-0.05, 0) is 38.5 Å². The van der Waals surface area contributed by atoms with E-state index in [4.69, 9.17) is 0 Å². The zero-order valence-corrected chi connectivity index (χ0v) is 14.1. The molecule has 3 nitrogen and oxygen atoms in total. The molecule has 0 N–H and O–H groups in total. The van der Waals surface area contributed by atoms with E-state index in [1.165, 1.54) is 5.56 Å². The number of hydrogen-bond acceptors (Lipinski definition) is 2. The molecule has 2 aromatic rings.